The second kappa shape index (κ2) is 19.7. The van der Waals surface area contributed by atoms with E-state index < -0.39 is 135 Å². The Labute approximate surface area is 376 Å². The van der Waals surface area contributed by atoms with Crippen LogP contribution >= 0.6 is 0 Å². The first kappa shape index (κ1) is 50.7. The molecule has 7 aliphatic rings. The van der Waals surface area contributed by atoms with Crippen LogP contribution < -0.4 is 0 Å². The molecule has 7 rings (SSSR count). The summed E-state index contributed by atoms with van der Waals surface area (Å²) in [4.78, 5) is 11.9. The van der Waals surface area contributed by atoms with Crippen LogP contribution in [0.5, 0.6) is 0 Å². The van der Waals surface area contributed by atoms with E-state index in [2.05, 4.69) is 34.6 Å². The van der Waals surface area contributed by atoms with Gasteiger partial charge in [-0.05, 0) is 111 Å². The third-order valence-electron chi connectivity index (χ3n) is 17.4. The molecule has 25 atom stereocenters. The number of hydrogen-bond donors (Lipinski definition) is 10. The Hall–Kier alpha value is -1.17. The molecule has 0 aromatic rings. The predicted molar refractivity (Wildman–Crippen MR) is 223 cm³/mol. The van der Waals surface area contributed by atoms with E-state index in [0.717, 1.165) is 32.1 Å². The van der Waals surface area contributed by atoms with Crippen molar-refractivity contribution in [3.05, 3.63) is 0 Å². The zero-order valence-electron chi connectivity index (χ0n) is 38.5. The Morgan fingerprint density at radius 2 is 1.50 bits per heavy atom. The molecule has 4 aliphatic carbocycles. The zero-order valence-corrected chi connectivity index (χ0v) is 38.5. The molecule has 3 saturated heterocycles. The van der Waals surface area contributed by atoms with Gasteiger partial charge in [-0.2, -0.15) is 0 Å². The Bertz CT molecular complexity index is 1570. The molecule has 18 nitrogen and oxygen atoms in total. The monoisotopic (exact) mass is 919 g/mol. The van der Waals surface area contributed by atoms with Crippen LogP contribution in [0.4, 0.5) is 0 Å². The summed E-state index contributed by atoms with van der Waals surface area (Å²) in [5, 5.41) is 110. The van der Waals surface area contributed by atoms with E-state index in [-0.39, 0.29) is 40.9 Å². The third kappa shape index (κ3) is 9.32. The lowest BCUT2D eigenvalue weighted by atomic mass is 9.43. The number of aliphatic hydroxyl groups excluding tert-OH is 9. The first-order chi connectivity index (χ1) is 30.0. The average molecular weight is 919 g/mol. The fourth-order valence-electron chi connectivity index (χ4n) is 13.6. The largest absolute Gasteiger partial charge is 0.463 e. The van der Waals surface area contributed by atoms with Gasteiger partial charge in [-0.25, -0.2) is 0 Å². The number of ether oxygens (including phenoxy) is 7. The lowest BCUT2D eigenvalue weighted by Crippen LogP contribution is -2.63. The van der Waals surface area contributed by atoms with Crippen molar-refractivity contribution in [1.82, 2.24) is 0 Å². The molecule has 4 saturated carbocycles. The molecule has 0 amide bonds. The summed E-state index contributed by atoms with van der Waals surface area (Å²) in [7, 11) is 0. The van der Waals surface area contributed by atoms with Crippen LogP contribution in [-0.2, 0) is 38.0 Å². The van der Waals surface area contributed by atoms with Gasteiger partial charge in [0, 0.05) is 13.3 Å². The predicted octanol–water partition coefficient (Wildman–Crippen LogP) is 0.0927. The molecule has 18 heteroatoms. The number of fused-ring (bicyclic) bond motifs is 5. The Kier molecular flexibility index (Phi) is 15.6. The van der Waals surface area contributed by atoms with Crippen molar-refractivity contribution >= 4 is 5.97 Å². The molecule has 0 aromatic carbocycles. The van der Waals surface area contributed by atoms with Gasteiger partial charge >= 0.3 is 5.97 Å². The quantitative estimate of drug-likeness (QED) is 0.103. The van der Waals surface area contributed by atoms with E-state index >= 15 is 0 Å². The van der Waals surface area contributed by atoms with E-state index in [1.165, 1.54) is 6.92 Å². The highest BCUT2D eigenvalue weighted by Crippen LogP contribution is 2.69. The molecule has 0 radical (unpaired) electrons. The maximum absolute atomic E-state index is 12.0. The summed E-state index contributed by atoms with van der Waals surface area (Å²) in [5.41, 5.74) is -2.86. The second-order valence-corrected chi connectivity index (χ2v) is 21.6. The van der Waals surface area contributed by atoms with E-state index in [4.69, 9.17) is 33.2 Å². The molecule has 10 N–H and O–H groups in total. The van der Waals surface area contributed by atoms with E-state index in [0.29, 0.717) is 31.6 Å². The number of carbonyl (C=O) groups excluding carboxylic acids is 1. The number of aliphatic hydroxyl groups is 10. The van der Waals surface area contributed by atoms with Crippen LogP contribution in [0.2, 0.25) is 0 Å². The van der Waals surface area contributed by atoms with Gasteiger partial charge in [0.1, 0.15) is 61.0 Å². The Morgan fingerprint density at radius 3 is 2.16 bits per heavy atom. The Balaban J connectivity index is 1.19. The summed E-state index contributed by atoms with van der Waals surface area (Å²) in [6.45, 7) is 11.9. The second-order valence-electron chi connectivity index (χ2n) is 21.6. The van der Waals surface area contributed by atoms with Crippen molar-refractivity contribution in [1.29, 1.82) is 0 Å². The van der Waals surface area contributed by atoms with Crippen molar-refractivity contribution in [3.8, 4) is 0 Å². The third-order valence-corrected chi connectivity index (χ3v) is 17.4. The molecule has 64 heavy (non-hydrogen) atoms. The van der Waals surface area contributed by atoms with Crippen LogP contribution in [0.3, 0.4) is 0 Å². The van der Waals surface area contributed by atoms with Gasteiger partial charge in [-0.1, -0.05) is 34.6 Å². The van der Waals surface area contributed by atoms with Crippen LogP contribution in [0, 0.1) is 52.3 Å². The van der Waals surface area contributed by atoms with Crippen molar-refractivity contribution in [2.75, 3.05) is 19.8 Å². The summed E-state index contributed by atoms with van der Waals surface area (Å²) in [6, 6.07) is 0. The minimum atomic E-state index is -2.04. The fourth-order valence-corrected chi connectivity index (χ4v) is 13.6. The molecule has 7 fully saturated rings. The maximum atomic E-state index is 12.0. The van der Waals surface area contributed by atoms with E-state index in [1.807, 2.05) is 0 Å². The van der Waals surface area contributed by atoms with Gasteiger partial charge in [0.15, 0.2) is 18.9 Å². The molecule has 0 aromatic heterocycles. The van der Waals surface area contributed by atoms with Gasteiger partial charge in [0.05, 0.1) is 43.7 Å². The van der Waals surface area contributed by atoms with E-state index in [9.17, 15) is 55.9 Å². The molecule has 0 spiro atoms. The van der Waals surface area contributed by atoms with Gasteiger partial charge in [0.25, 0.3) is 0 Å². The smallest absolute Gasteiger partial charge is 0.302 e. The van der Waals surface area contributed by atoms with Crippen molar-refractivity contribution in [2.45, 2.75) is 210 Å². The van der Waals surface area contributed by atoms with Crippen LogP contribution in [-0.4, -0.2) is 181 Å². The minimum Gasteiger partial charge on any atom is -0.463 e. The van der Waals surface area contributed by atoms with Gasteiger partial charge < -0.3 is 84.2 Å². The highest BCUT2D eigenvalue weighted by molar-refractivity contribution is 5.65. The number of rotatable bonds is 14. The molecule has 3 heterocycles. The molecular weight excluding hydrogens is 840 g/mol. The fraction of sp³-hybridized carbons (Fsp3) is 0.978. The molecule has 0 unspecified atom stereocenters. The van der Waals surface area contributed by atoms with Crippen LogP contribution in [0.1, 0.15) is 106 Å². The van der Waals surface area contributed by atoms with Gasteiger partial charge in [-0.3, -0.25) is 4.79 Å². The number of hydrogen-bond acceptors (Lipinski definition) is 18. The van der Waals surface area contributed by atoms with Gasteiger partial charge in [0.2, 0.25) is 0 Å². The lowest BCUT2D eigenvalue weighted by Gasteiger charge is -2.63. The molecule has 0 bridgehead atoms. The van der Waals surface area contributed by atoms with E-state index in [1.54, 1.807) is 6.92 Å². The summed E-state index contributed by atoms with van der Waals surface area (Å²) in [5.74, 6) is -0.336. The number of esters is 1. The van der Waals surface area contributed by atoms with Crippen molar-refractivity contribution in [2.24, 2.45) is 52.3 Å². The maximum Gasteiger partial charge on any atom is 0.302 e. The first-order valence-electron chi connectivity index (χ1n) is 23.9. The van der Waals surface area contributed by atoms with Crippen LogP contribution in [0.15, 0.2) is 0 Å². The number of carbonyl (C=O) groups is 1. The van der Waals surface area contributed by atoms with Crippen molar-refractivity contribution < 1.29 is 89.0 Å². The summed E-state index contributed by atoms with van der Waals surface area (Å²) in [6.07, 6.45) is -13.3. The first-order valence-corrected chi connectivity index (χ1v) is 23.9. The topological polar surface area (TPSA) is 284 Å². The highest BCUT2D eigenvalue weighted by Gasteiger charge is 2.67. The zero-order chi connectivity index (χ0) is 46.8. The minimum absolute atomic E-state index is 0.0631. The Morgan fingerprint density at radius 1 is 0.797 bits per heavy atom. The van der Waals surface area contributed by atoms with Crippen molar-refractivity contribution in [3.63, 3.8) is 0 Å². The standard InChI is InChI=1S/C46H78O18/c1-20(2)8-11-29(50)21(3)33-30(61-42-38(55)39(35(52)31(62-42)17-58-23(5)48)64-43-40(56)46(57,18-47)19-59-43)16-28-26-10-9-24-14-25(49)15-32(45(24,7)27(26)12-13-44(28,33)6)63-41-37(54)36(53)34(51)22(4)60-41/h20-22,24-43,47,49-57H,8-19H2,1-7H3/t21-,22+,24+,25-,26-,27+,28+,29+,30+,31-,32-,33+,34+,35-,36-,37-,38-,39+,40+,41+,42-,43+,44+,45+,46-/m1/s1. The van der Waals surface area contributed by atoms with Crippen LogP contribution in [0.25, 0.3) is 0 Å². The lowest BCUT2D eigenvalue weighted by molar-refractivity contribution is -0.339. The average Bonchev–Trinajstić information content (AvgIpc) is 3.70. The molecule has 3 aliphatic heterocycles. The molecular formula is C46H78O18. The molecule has 370 valence electrons. The van der Waals surface area contributed by atoms with Gasteiger partial charge in [-0.15, -0.1) is 0 Å². The summed E-state index contributed by atoms with van der Waals surface area (Å²) < 4.78 is 42.4. The normalized spacial score (nSPS) is 51.5. The SMILES string of the molecule is CC(=O)OC[C@H]1O[C@@H](O[C@H]2C[C@H]3[C@@H]4CC[C@H]5C[C@@H](O)C[C@@H](O[C@@H]6O[C@@H](C)[C@H](O)[C@@H](O)[C@H]6O)[C@]5(C)[C@H]4CC[C@]3(C)[C@H]2[C@H](C)[C@@H](O)CCC(C)C)[C@H](O)[C@@H](O[C@@H]2OC[C@](O)(CO)[C@H]2O)[C@@H]1O. The highest BCUT2D eigenvalue weighted by atomic mass is 16.7. The summed E-state index contributed by atoms with van der Waals surface area (Å²) >= 11 is 0.